The van der Waals surface area contributed by atoms with Gasteiger partial charge in [-0.15, -0.1) is 0 Å². The highest BCUT2D eigenvalue weighted by molar-refractivity contribution is 7.89. The second-order valence-corrected chi connectivity index (χ2v) is 6.39. The molecule has 0 aliphatic heterocycles. The van der Waals surface area contributed by atoms with E-state index in [9.17, 15) is 8.42 Å². The Labute approximate surface area is 102 Å². The topological polar surface area (TPSA) is 55.2 Å². The minimum Gasteiger partial charge on any atom is -0.274 e. The summed E-state index contributed by atoms with van der Waals surface area (Å²) < 4.78 is 28.0. The largest absolute Gasteiger partial charge is 0.274 e. The van der Waals surface area contributed by atoms with Crippen LogP contribution in [0.2, 0.25) is 0 Å². The zero-order valence-electron chi connectivity index (χ0n) is 10.3. The van der Waals surface area contributed by atoms with Gasteiger partial charge < -0.3 is 0 Å². The molecule has 5 nitrogen and oxygen atoms in total. The number of aryl methyl sites for hydroxylation is 1. The van der Waals surface area contributed by atoms with Crippen LogP contribution in [0.25, 0.3) is 0 Å². The average Bonchev–Trinajstić information content (AvgIpc) is 2.89. The standard InChI is InChI=1S/C11H19N3O2S/c1-3-14(10-6-4-5-7-10)17(15,16)11-8-12-13(2)9-11/h8-10H,3-7H2,1-2H3. The van der Waals surface area contributed by atoms with Crippen molar-refractivity contribution in [3.63, 3.8) is 0 Å². The lowest BCUT2D eigenvalue weighted by atomic mass is 10.2. The van der Waals surface area contributed by atoms with Gasteiger partial charge in [0.1, 0.15) is 4.90 Å². The van der Waals surface area contributed by atoms with Crippen molar-refractivity contribution < 1.29 is 8.42 Å². The van der Waals surface area contributed by atoms with E-state index in [-0.39, 0.29) is 6.04 Å². The highest BCUT2D eigenvalue weighted by Gasteiger charge is 2.32. The fourth-order valence-electron chi connectivity index (χ4n) is 2.48. The lowest BCUT2D eigenvalue weighted by molar-refractivity contribution is 0.335. The summed E-state index contributed by atoms with van der Waals surface area (Å²) >= 11 is 0. The van der Waals surface area contributed by atoms with E-state index in [0.29, 0.717) is 11.4 Å². The Morgan fingerprint density at radius 2 is 2.12 bits per heavy atom. The molecule has 1 fully saturated rings. The van der Waals surface area contributed by atoms with Crippen molar-refractivity contribution in [3.05, 3.63) is 12.4 Å². The van der Waals surface area contributed by atoms with Gasteiger partial charge in [-0.05, 0) is 12.8 Å². The Hall–Kier alpha value is -0.880. The molecular formula is C11H19N3O2S. The van der Waals surface area contributed by atoms with E-state index in [0.717, 1.165) is 25.7 Å². The van der Waals surface area contributed by atoms with E-state index < -0.39 is 10.0 Å². The summed E-state index contributed by atoms with van der Waals surface area (Å²) in [6.45, 7) is 2.42. The zero-order chi connectivity index (χ0) is 12.5. The third-order valence-electron chi connectivity index (χ3n) is 3.33. The lowest BCUT2D eigenvalue weighted by Crippen LogP contribution is -2.38. The molecule has 1 aliphatic rings. The van der Waals surface area contributed by atoms with Crippen LogP contribution in [0.4, 0.5) is 0 Å². The first-order chi connectivity index (χ1) is 8.05. The first-order valence-electron chi connectivity index (χ1n) is 6.06. The van der Waals surface area contributed by atoms with Crippen LogP contribution < -0.4 is 0 Å². The van der Waals surface area contributed by atoms with Crippen LogP contribution >= 0.6 is 0 Å². The lowest BCUT2D eigenvalue weighted by Gasteiger charge is -2.25. The average molecular weight is 257 g/mol. The van der Waals surface area contributed by atoms with Crippen molar-refractivity contribution >= 4 is 10.0 Å². The third kappa shape index (κ3) is 2.37. The molecule has 1 saturated carbocycles. The molecule has 1 aliphatic carbocycles. The van der Waals surface area contributed by atoms with Crippen molar-refractivity contribution in [2.45, 2.75) is 43.5 Å². The van der Waals surface area contributed by atoms with E-state index in [2.05, 4.69) is 5.10 Å². The Morgan fingerprint density at radius 3 is 2.59 bits per heavy atom. The third-order valence-corrected chi connectivity index (χ3v) is 5.31. The maximum Gasteiger partial charge on any atom is 0.246 e. The molecule has 96 valence electrons. The molecule has 0 bridgehead atoms. The molecule has 1 aromatic heterocycles. The van der Waals surface area contributed by atoms with Gasteiger partial charge >= 0.3 is 0 Å². The number of rotatable bonds is 4. The summed E-state index contributed by atoms with van der Waals surface area (Å²) in [5.74, 6) is 0. The Balaban J connectivity index is 2.29. The molecule has 1 aromatic rings. The van der Waals surface area contributed by atoms with Crippen LogP contribution in [0.15, 0.2) is 17.3 Å². The van der Waals surface area contributed by atoms with Gasteiger partial charge in [0.15, 0.2) is 0 Å². The molecule has 0 aromatic carbocycles. The van der Waals surface area contributed by atoms with Gasteiger partial charge in [-0.25, -0.2) is 8.42 Å². The first-order valence-corrected chi connectivity index (χ1v) is 7.50. The SMILES string of the molecule is CCN(C1CCCC1)S(=O)(=O)c1cnn(C)c1. The number of nitrogens with zero attached hydrogens (tertiary/aromatic N) is 3. The smallest absolute Gasteiger partial charge is 0.246 e. The van der Waals surface area contributed by atoms with Crippen molar-refractivity contribution in [3.8, 4) is 0 Å². The molecule has 0 radical (unpaired) electrons. The van der Waals surface area contributed by atoms with Gasteiger partial charge in [0, 0.05) is 25.8 Å². The maximum absolute atomic E-state index is 12.4. The maximum atomic E-state index is 12.4. The van der Waals surface area contributed by atoms with Gasteiger partial charge in [0.25, 0.3) is 0 Å². The molecule has 6 heteroatoms. The van der Waals surface area contributed by atoms with Gasteiger partial charge in [0.2, 0.25) is 10.0 Å². The fraction of sp³-hybridized carbons (Fsp3) is 0.727. The van der Waals surface area contributed by atoms with Crippen LogP contribution in [0.1, 0.15) is 32.6 Å². The van der Waals surface area contributed by atoms with E-state index in [1.54, 1.807) is 17.5 Å². The van der Waals surface area contributed by atoms with Crippen LogP contribution in [0.3, 0.4) is 0 Å². The molecule has 0 unspecified atom stereocenters. The molecule has 0 amide bonds. The van der Waals surface area contributed by atoms with Crippen molar-refractivity contribution in [2.24, 2.45) is 7.05 Å². The monoisotopic (exact) mass is 257 g/mol. The summed E-state index contributed by atoms with van der Waals surface area (Å²) in [6, 6.07) is 0.171. The van der Waals surface area contributed by atoms with Crippen LogP contribution in [0, 0.1) is 0 Å². The highest BCUT2D eigenvalue weighted by atomic mass is 32.2. The van der Waals surface area contributed by atoms with Gasteiger partial charge in [0.05, 0.1) is 6.20 Å². The zero-order valence-corrected chi connectivity index (χ0v) is 11.2. The quantitative estimate of drug-likeness (QED) is 0.818. The number of aromatic nitrogens is 2. The fourth-order valence-corrected chi connectivity index (χ4v) is 4.16. The predicted molar refractivity (Wildman–Crippen MR) is 65.0 cm³/mol. The van der Waals surface area contributed by atoms with Crippen molar-refractivity contribution in [2.75, 3.05) is 6.54 Å². The summed E-state index contributed by atoms with van der Waals surface area (Å²) in [6.07, 6.45) is 7.20. The molecule has 0 atom stereocenters. The Morgan fingerprint density at radius 1 is 1.47 bits per heavy atom. The Kier molecular flexibility index (Phi) is 3.53. The summed E-state index contributed by atoms with van der Waals surface area (Å²) in [7, 11) is -1.64. The number of hydrogen-bond donors (Lipinski definition) is 0. The van der Waals surface area contributed by atoms with Crippen molar-refractivity contribution in [1.82, 2.24) is 14.1 Å². The van der Waals surface area contributed by atoms with E-state index in [4.69, 9.17) is 0 Å². The van der Waals surface area contributed by atoms with Gasteiger partial charge in [-0.2, -0.15) is 9.40 Å². The summed E-state index contributed by atoms with van der Waals surface area (Å²) in [4.78, 5) is 0.300. The van der Waals surface area contributed by atoms with Crippen molar-refractivity contribution in [1.29, 1.82) is 0 Å². The second-order valence-electron chi connectivity index (χ2n) is 4.50. The molecule has 17 heavy (non-hydrogen) atoms. The normalized spacial score (nSPS) is 18.1. The molecule has 0 spiro atoms. The molecule has 1 heterocycles. The highest BCUT2D eigenvalue weighted by Crippen LogP contribution is 2.28. The predicted octanol–water partition coefficient (Wildman–Crippen LogP) is 1.37. The van der Waals surface area contributed by atoms with Crippen LogP contribution in [0.5, 0.6) is 0 Å². The molecule has 0 N–H and O–H groups in total. The molecule has 0 saturated heterocycles. The van der Waals surface area contributed by atoms with Crippen LogP contribution in [-0.4, -0.2) is 35.1 Å². The van der Waals surface area contributed by atoms with E-state index in [1.165, 1.54) is 10.9 Å². The Bertz CT molecular complexity index is 475. The van der Waals surface area contributed by atoms with E-state index >= 15 is 0 Å². The number of sulfonamides is 1. The second kappa shape index (κ2) is 4.78. The molecule has 2 rings (SSSR count). The summed E-state index contributed by atoms with van der Waals surface area (Å²) in [5.41, 5.74) is 0. The van der Waals surface area contributed by atoms with Crippen LogP contribution in [-0.2, 0) is 17.1 Å². The van der Waals surface area contributed by atoms with Gasteiger partial charge in [-0.3, -0.25) is 4.68 Å². The number of hydrogen-bond acceptors (Lipinski definition) is 3. The summed E-state index contributed by atoms with van der Waals surface area (Å²) in [5, 5.41) is 3.94. The molecular weight excluding hydrogens is 238 g/mol. The van der Waals surface area contributed by atoms with Gasteiger partial charge in [-0.1, -0.05) is 19.8 Å². The minimum atomic E-state index is -3.36. The minimum absolute atomic E-state index is 0.171. The first kappa shape index (κ1) is 12.6. The van der Waals surface area contributed by atoms with E-state index in [1.807, 2.05) is 6.92 Å².